The topological polar surface area (TPSA) is 3.24 Å². The van der Waals surface area contributed by atoms with E-state index in [0.29, 0.717) is 0 Å². The Bertz CT molecular complexity index is 149. The van der Waals surface area contributed by atoms with Crippen molar-refractivity contribution >= 4 is 0 Å². The van der Waals surface area contributed by atoms with Crippen molar-refractivity contribution in [2.24, 2.45) is 23.7 Å². The van der Waals surface area contributed by atoms with Gasteiger partial charge in [0.1, 0.15) is 0 Å². The lowest BCUT2D eigenvalue weighted by molar-refractivity contribution is 0.196. The van der Waals surface area contributed by atoms with E-state index in [1.54, 1.807) is 0 Å². The van der Waals surface area contributed by atoms with Gasteiger partial charge in [0.25, 0.3) is 0 Å². The Labute approximate surface area is 97.2 Å². The predicted octanol–water partition coefficient (Wildman–Crippen LogP) is 3.89. The van der Waals surface area contributed by atoms with Crippen LogP contribution in [-0.2, 0) is 0 Å². The van der Waals surface area contributed by atoms with Gasteiger partial charge in [0.05, 0.1) is 0 Å². The lowest BCUT2D eigenvalue weighted by Crippen LogP contribution is -2.32. The smallest absolute Gasteiger partial charge is 0.000926 e. The minimum absolute atomic E-state index is 0.780. The number of nitrogens with zero attached hydrogens (tertiary/aromatic N) is 1. The normalized spacial score (nSPS) is 14.6. The van der Waals surface area contributed by atoms with Gasteiger partial charge in [-0.25, -0.2) is 0 Å². The van der Waals surface area contributed by atoms with Crippen LogP contribution in [0.3, 0.4) is 0 Å². The molecular formula is C14H31N. The molecule has 0 aromatic carbocycles. The molecule has 0 N–H and O–H groups in total. The van der Waals surface area contributed by atoms with Crippen LogP contribution >= 0.6 is 0 Å². The highest BCUT2D eigenvalue weighted by Crippen LogP contribution is 2.21. The van der Waals surface area contributed by atoms with Gasteiger partial charge in [0.15, 0.2) is 0 Å². The van der Waals surface area contributed by atoms with Crippen LogP contribution in [0.4, 0.5) is 0 Å². The average Bonchev–Trinajstić information content (AvgIpc) is 1.99. The van der Waals surface area contributed by atoms with Crippen molar-refractivity contribution in [3.8, 4) is 0 Å². The summed E-state index contributed by atoms with van der Waals surface area (Å²) in [5.74, 6) is 3.27. The van der Waals surface area contributed by atoms with Gasteiger partial charge in [0.2, 0.25) is 0 Å². The Morgan fingerprint density at radius 3 is 1.67 bits per heavy atom. The predicted molar refractivity (Wildman–Crippen MR) is 70.1 cm³/mol. The lowest BCUT2D eigenvalue weighted by atomic mass is 9.87. The van der Waals surface area contributed by atoms with Crippen molar-refractivity contribution in [1.29, 1.82) is 0 Å². The minimum atomic E-state index is 0.780. The zero-order chi connectivity index (χ0) is 12.0. The summed E-state index contributed by atoms with van der Waals surface area (Å²) in [5.41, 5.74) is 0. The summed E-state index contributed by atoms with van der Waals surface area (Å²) in [7, 11) is 2.26. The van der Waals surface area contributed by atoms with Gasteiger partial charge in [-0.2, -0.15) is 0 Å². The van der Waals surface area contributed by atoms with E-state index in [1.807, 2.05) is 0 Å². The van der Waals surface area contributed by atoms with E-state index in [1.165, 1.54) is 19.5 Å². The first kappa shape index (κ1) is 15.0. The fourth-order valence-corrected chi connectivity index (χ4v) is 2.26. The quantitative estimate of drug-likeness (QED) is 0.620. The average molecular weight is 213 g/mol. The molecule has 1 unspecified atom stereocenters. The molecule has 0 aromatic heterocycles. The molecule has 0 amide bonds. The zero-order valence-corrected chi connectivity index (χ0v) is 11.9. The van der Waals surface area contributed by atoms with E-state index >= 15 is 0 Å². The highest BCUT2D eigenvalue weighted by atomic mass is 15.1. The molecule has 0 bridgehead atoms. The van der Waals surface area contributed by atoms with E-state index < -0.39 is 0 Å². The van der Waals surface area contributed by atoms with Crippen LogP contribution in [0.5, 0.6) is 0 Å². The van der Waals surface area contributed by atoms with Gasteiger partial charge in [-0.05, 0) is 37.1 Å². The third kappa shape index (κ3) is 7.84. The molecule has 0 aliphatic rings. The molecule has 0 rings (SSSR count). The van der Waals surface area contributed by atoms with Crippen LogP contribution in [0.15, 0.2) is 0 Å². The Hall–Kier alpha value is -0.0400. The van der Waals surface area contributed by atoms with Gasteiger partial charge < -0.3 is 4.90 Å². The van der Waals surface area contributed by atoms with E-state index in [4.69, 9.17) is 0 Å². The molecule has 0 fully saturated rings. The van der Waals surface area contributed by atoms with Crippen molar-refractivity contribution in [3.05, 3.63) is 0 Å². The monoisotopic (exact) mass is 213 g/mol. The molecule has 1 atom stereocenters. The highest BCUT2D eigenvalue weighted by molar-refractivity contribution is 4.69. The van der Waals surface area contributed by atoms with Crippen LogP contribution in [-0.4, -0.2) is 25.0 Å². The van der Waals surface area contributed by atoms with Crippen molar-refractivity contribution in [2.75, 3.05) is 20.1 Å². The standard InChI is InChI=1S/C14H31N/c1-11(2)8-14(13(5)6)10-15(7)9-12(3)4/h11-14H,8-10H2,1-7H3. The summed E-state index contributed by atoms with van der Waals surface area (Å²) in [6, 6.07) is 0. The maximum absolute atomic E-state index is 2.50. The minimum Gasteiger partial charge on any atom is -0.306 e. The highest BCUT2D eigenvalue weighted by Gasteiger charge is 2.17. The molecule has 0 spiro atoms. The van der Waals surface area contributed by atoms with Crippen LogP contribution < -0.4 is 0 Å². The van der Waals surface area contributed by atoms with E-state index in [-0.39, 0.29) is 0 Å². The Morgan fingerprint density at radius 1 is 0.800 bits per heavy atom. The molecule has 1 nitrogen and oxygen atoms in total. The second-order valence-corrected chi connectivity index (χ2v) is 6.25. The first-order valence-electron chi connectivity index (χ1n) is 6.51. The van der Waals surface area contributed by atoms with Crippen molar-refractivity contribution in [3.63, 3.8) is 0 Å². The summed E-state index contributed by atoms with van der Waals surface area (Å²) >= 11 is 0. The van der Waals surface area contributed by atoms with Gasteiger partial charge >= 0.3 is 0 Å². The second-order valence-electron chi connectivity index (χ2n) is 6.25. The van der Waals surface area contributed by atoms with Crippen molar-refractivity contribution in [1.82, 2.24) is 4.90 Å². The first-order valence-corrected chi connectivity index (χ1v) is 6.51. The molecule has 1 heteroatoms. The van der Waals surface area contributed by atoms with Crippen molar-refractivity contribution in [2.45, 2.75) is 48.0 Å². The molecule has 0 aromatic rings. The van der Waals surface area contributed by atoms with E-state index in [2.05, 4.69) is 53.5 Å². The molecular weight excluding hydrogens is 182 g/mol. The molecule has 92 valence electrons. The maximum Gasteiger partial charge on any atom is 0.000926 e. The van der Waals surface area contributed by atoms with Gasteiger partial charge in [-0.15, -0.1) is 0 Å². The number of rotatable bonds is 7. The van der Waals surface area contributed by atoms with Crippen LogP contribution in [0.1, 0.15) is 48.0 Å². The fraction of sp³-hybridized carbons (Fsp3) is 1.00. The SMILES string of the molecule is CC(C)CC(CN(C)CC(C)C)C(C)C. The molecule has 15 heavy (non-hydrogen) atoms. The Balaban J connectivity index is 4.04. The van der Waals surface area contributed by atoms with E-state index in [0.717, 1.165) is 23.7 Å². The molecule has 0 radical (unpaired) electrons. The molecule has 0 aliphatic carbocycles. The summed E-state index contributed by atoms with van der Waals surface area (Å²) in [5, 5.41) is 0. The van der Waals surface area contributed by atoms with Gasteiger partial charge in [-0.1, -0.05) is 41.5 Å². The Morgan fingerprint density at radius 2 is 1.33 bits per heavy atom. The maximum atomic E-state index is 2.50. The van der Waals surface area contributed by atoms with E-state index in [9.17, 15) is 0 Å². The van der Waals surface area contributed by atoms with Crippen LogP contribution in [0, 0.1) is 23.7 Å². The van der Waals surface area contributed by atoms with Crippen LogP contribution in [0.2, 0.25) is 0 Å². The third-order valence-electron chi connectivity index (χ3n) is 2.94. The molecule has 0 saturated carbocycles. The summed E-state index contributed by atoms with van der Waals surface area (Å²) in [4.78, 5) is 2.50. The fourth-order valence-electron chi connectivity index (χ4n) is 2.26. The summed E-state index contributed by atoms with van der Waals surface area (Å²) in [6.07, 6.45) is 1.36. The first-order chi connectivity index (χ1) is 6.82. The van der Waals surface area contributed by atoms with Crippen molar-refractivity contribution < 1.29 is 0 Å². The van der Waals surface area contributed by atoms with Gasteiger partial charge in [0, 0.05) is 13.1 Å². The number of hydrogen-bond donors (Lipinski definition) is 0. The summed E-state index contributed by atoms with van der Waals surface area (Å²) < 4.78 is 0. The van der Waals surface area contributed by atoms with Gasteiger partial charge in [-0.3, -0.25) is 0 Å². The zero-order valence-electron chi connectivity index (χ0n) is 11.9. The molecule has 0 saturated heterocycles. The molecule has 0 aliphatic heterocycles. The Kier molecular flexibility index (Phi) is 7.25. The lowest BCUT2D eigenvalue weighted by Gasteiger charge is -2.29. The van der Waals surface area contributed by atoms with Crippen LogP contribution in [0.25, 0.3) is 0 Å². The third-order valence-corrected chi connectivity index (χ3v) is 2.94. The molecule has 0 heterocycles. The summed E-state index contributed by atoms with van der Waals surface area (Å²) in [6.45, 7) is 16.4. The largest absolute Gasteiger partial charge is 0.306 e. The second kappa shape index (κ2) is 7.27. The number of hydrogen-bond acceptors (Lipinski definition) is 1.